The van der Waals surface area contributed by atoms with Gasteiger partial charge in [-0.3, -0.25) is 14.4 Å². The fourth-order valence-corrected chi connectivity index (χ4v) is 9.31. The Bertz CT molecular complexity index is 1080. The summed E-state index contributed by atoms with van der Waals surface area (Å²) in [6.45, 7) is 11.1. The number of hydrogen-bond acceptors (Lipinski definition) is 6. The fourth-order valence-electron chi connectivity index (χ4n) is 8.23. The lowest BCUT2D eigenvalue weighted by Crippen LogP contribution is -2.60. The van der Waals surface area contributed by atoms with E-state index in [9.17, 15) is 22.8 Å². The summed E-state index contributed by atoms with van der Waals surface area (Å²) in [5.41, 5.74) is -0.0149. The highest BCUT2D eigenvalue weighted by molar-refractivity contribution is 7.86. The Morgan fingerprint density at radius 2 is 1.68 bits per heavy atom. The summed E-state index contributed by atoms with van der Waals surface area (Å²) in [5.74, 6) is -0.398. The van der Waals surface area contributed by atoms with E-state index in [1.165, 1.54) is 0 Å². The Labute approximate surface area is 266 Å². The summed E-state index contributed by atoms with van der Waals surface area (Å²) >= 11 is 0. The summed E-state index contributed by atoms with van der Waals surface area (Å²) in [6.07, 6.45) is 12.9. The highest BCUT2D eigenvalue weighted by Gasteiger charge is 2.62. The molecule has 0 aromatic heterocycles. The molecule has 2 bridgehead atoms. The van der Waals surface area contributed by atoms with Crippen LogP contribution in [0.15, 0.2) is 0 Å². The third-order valence-corrected chi connectivity index (χ3v) is 12.5. The Morgan fingerprint density at radius 3 is 2.25 bits per heavy atom. The van der Waals surface area contributed by atoms with Crippen LogP contribution in [-0.2, 0) is 29.3 Å². The van der Waals surface area contributed by atoms with Crippen molar-refractivity contribution < 1.29 is 27.5 Å². The highest BCUT2D eigenvalue weighted by Crippen LogP contribution is 2.65. The zero-order valence-electron chi connectivity index (χ0n) is 28.0. The monoisotopic (exact) mass is 640 g/mol. The number of fused-ring (bicyclic) bond motifs is 2. The Kier molecular flexibility index (Phi) is 13.5. The van der Waals surface area contributed by atoms with Gasteiger partial charge in [0, 0.05) is 19.0 Å². The van der Waals surface area contributed by atoms with Crippen molar-refractivity contribution in [2.45, 2.75) is 155 Å². The number of unbranched alkanes of at least 4 members (excludes halogenated alkanes) is 3. The zero-order valence-corrected chi connectivity index (χ0v) is 28.8. The van der Waals surface area contributed by atoms with Crippen molar-refractivity contribution in [3.05, 3.63) is 0 Å². The van der Waals surface area contributed by atoms with Gasteiger partial charge in [-0.05, 0) is 81.0 Å². The molecule has 3 saturated carbocycles. The minimum absolute atomic E-state index is 0.00624. The topological polar surface area (TPSA) is 148 Å². The van der Waals surface area contributed by atoms with Crippen LogP contribution in [-0.4, -0.2) is 61.8 Å². The number of amides is 2. The molecule has 3 fully saturated rings. The van der Waals surface area contributed by atoms with Crippen molar-refractivity contribution in [1.29, 1.82) is 0 Å². The van der Waals surface area contributed by atoms with Crippen LogP contribution in [0, 0.1) is 22.7 Å². The largest absolute Gasteiger partial charge is 0.465 e. The molecule has 0 aromatic carbocycles. The summed E-state index contributed by atoms with van der Waals surface area (Å²) in [4.78, 5) is 39.8. The zero-order chi connectivity index (χ0) is 32.5. The first-order chi connectivity index (χ1) is 20.8. The average molecular weight is 641 g/mol. The molecule has 0 saturated heterocycles. The first kappa shape index (κ1) is 36.7. The predicted octanol–water partition coefficient (Wildman–Crippen LogP) is 4.96. The van der Waals surface area contributed by atoms with E-state index in [0.29, 0.717) is 38.1 Å². The van der Waals surface area contributed by atoms with Crippen molar-refractivity contribution in [3.8, 4) is 0 Å². The molecule has 0 unspecified atom stereocenters. The molecule has 0 heterocycles. The maximum absolute atomic E-state index is 14.3. The first-order valence-electron chi connectivity index (χ1n) is 17.3. The number of nitrogens with one attached hydrogen (secondary N) is 2. The normalized spacial score (nSPS) is 26.3. The number of rotatable bonds is 18. The van der Waals surface area contributed by atoms with E-state index >= 15 is 0 Å². The smallest absolute Gasteiger partial charge is 0.324 e. The predicted molar refractivity (Wildman–Crippen MR) is 173 cm³/mol. The molecule has 0 aliphatic heterocycles. The molecule has 2 amide bonds. The molecule has 10 nitrogen and oxygen atoms in total. The molecular weight excluding hydrogens is 580 g/mol. The van der Waals surface area contributed by atoms with Crippen molar-refractivity contribution in [1.82, 2.24) is 14.9 Å². The number of hydrogen-bond donors (Lipinski definition) is 3. The van der Waals surface area contributed by atoms with Crippen LogP contribution in [0.1, 0.15) is 137 Å². The lowest BCUT2D eigenvalue weighted by Gasteiger charge is -2.41. The Balaban J connectivity index is 1.82. The maximum atomic E-state index is 14.3. The molecule has 254 valence electrons. The van der Waals surface area contributed by atoms with Gasteiger partial charge in [0.15, 0.2) is 0 Å². The van der Waals surface area contributed by atoms with E-state index in [-0.39, 0.29) is 47.6 Å². The number of carbonyl (C=O) groups excluding carboxylic acids is 3. The van der Waals surface area contributed by atoms with E-state index < -0.39 is 28.3 Å². The fraction of sp³-hybridized carbons (Fsp3) is 0.909. The second kappa shape index (κ2) is 16.2. The Morgan fingerprint density at radius 1 is 0.977 bits per heavy atom. The third kappa shape index (κ3) is 8.96. The SMILES string of the molecule is CCCCCC(=O)NCCCC[C@@H](C(=O)OCC)N([C@@H](CC1CCCCC1)C(=O)N[C@H]1C[C@H]2CC[C@]1(C)C2(C)C)S(N)(=O)=O. The molecule has 3 aliphatic carbocycles. The minimum Gasteiger partial charge on any atom is -0.465 e. The number of esters is 1. The van der Waals surface area contributed by atoms with Gasteiger partial charge in [0.2, 0.25) is 11.8 Å². The van der Waals surface area contributed by atoms with Crippen molar-refractivity contribution in [2.75, 3.05) is 13.2 Å². The van der Waals surface area contributed by atoms with Gasteiger partial charge < -0.3 is 15.4 Å². The van der Waals surface area contributed by atoms with Gasteiger partial charge in [0.25, 0.3) is 10.2 Å². The second-order valence-electron chi connectivity index (χ2n) is 14.4. The highest BCUT2D eigenvalue weighted by atomic mass is 32.2. The molecule has 0 radical (unpaired) electrons. The standard InChI is InChI=1S/C33H60N4O6S/c1-6-8-10-18-29(38)35-21-14-13-17-26(31(40)43-7-2)37(44(34,41)42)27(22-24-15-11-9-12-16-24)30(39)36-28-23-25-19-20-33(28,5)32(25,3)4/h24-28H,6-23H2,1-5H3,(H,35,38)(H,36,39)(H2,34,41,42)/t25-,26+,27+,28+,33+/m1/s1. The lowest BCUT2D eigenvalue weighted by molar-refractivity contribution is -0.149. The van der Waals surface area contributed by atoms with Gasteiger partial charge in [-0.15, -0.1) is 0 Å². The van der Waals surface area contributed by atoms with Crippen LogP contribution in [0.5, 0.6) is 0 Å². The van der Waals surface area contributed by atoms with Gasteiger partial charge in [0.05, 0.1) is 6.61 Å². The van der Waals surface area contributed by atoms with E-state index in [1.54, 1.807) is 6.92 Å². The molecule has 5 atom stereocenters. The quantitative estimate of drug-likeness (QED) is 0.143. The van der Waals surface area contributed by atoms with Crippen LogP contribution < -0.4 is 15.8 Å². The molecule has 0 spiro atoms. The van der Waals surface area contributed by atoms with Crippen LogP contribution >= 0.6 is 0 Å². The molecule has 11 heteroatoms. The summed E-state index contributed by atoms with van der Waals surface area (Å²) in [6, 6.07) is -2.40. The summed E-state index contributed by atoms with van der Waals surface area (Å²) < 4.78 is 33.1. The Hall–Kier alpha value is -1.72. The van der Waals surface area contributed by atoms with E-state index in [2.05, 4.69) is 38.3 Å². The van der Waals surface area contributed by atoms with Crippen molar-refractivity contribution in [3.63, 3.8) is 0 Å². The molecule has 0 aromatic rings. The third-order valence-electron chi connectivity index (χ3n) is 11.4. The lowest BCUT2D eigenvalue weighted by atomic mass is 9.69. The van der Waals surface area contributed by atoms with Gasteiger partial charge in [-0.2, -0.15) is 12.7 Å². The van der Waals surface area contributed by atoms with Gasteiger partial charge in [-0.25, -0.2) is 5.14 Å². The summed E-state index contributed by atoms with van der Waals surface area (Å²) in [5, 5.41) is 12.1. The number of nitrogens with zero attached hydrogens (tertiary/aromatic N) is 1. The van der Waals surface area contributed by atoms with Crippen molar-refractivity contribution in [2.24, 2.45) is 27.8 Å². The first-order valence-corrected chi connectivity index (χ1v) is 18.8. The van der Waals surface area contributed by atoms with Crippen LogP contribution in [0.2, 0.25) is 0 Å². The minimum atomic E-state index is -4.47. The molecule has 3 rings (SSSR count). The molecule has 3 aliphatic rings. The van der Waals surface area contributed by atoms with E-state index in [0.717, 1.165) is 74.9 Å². The van der Waals surface area contributed by atoms with Gasteiger partial charge in [0.1, 0.15) is 12.1 Å². The summed E-state index contributed by atoms with van der Waals surface area (Å²) in [7, 11) is -4.47. The second-order valence-corrected chi connectivity index (χ2v) is 15.8. The van der Waals surface area contributed by atoms with Gasteiger partial charge >= 0.3 is 5.97 Å². The number of nitrogens with two attached hydrogens (primary N) is 1. The van der Waals surface area contributed by atoms with Crippen LogP contribution in [0.4, 0.5) is 0 Å². The van der Waals surface area contributed by atoms with E-state index in [1.807, 2.05) is 0 Å². The number of carbonyl (C=O) groups is 3. The molecule has 4 N–H and O–H groups in total. The molecule has 44 heavy (non-hydrogen) atoms. The van der Waals surface area contributed by atoms with Crippen molar-refractivity contribution >= 4 is 28.0 Å². The number of ether oxygens (including phenoxy) is 1. The average Bonchev–Trinajstić information content (AvgIpc) is 3.29. The van der Waals surface area contributed by atoms with Crippen LogP contribution in [0.3, 0.4) is 0 Å². The molecular formula is C33H60N4O6S. The van der Waals surface area contributed by atoms with Crippen LogP contribution in [0.25, 0.3) is 0 Å². The maximum Gasteiger partial charge on any atom is 0.324 e. The van der Waals surface area contributed by atoms with E-state index in [4.69, 9.17) is 9.88 Å². The van der Waals surface area contributed by atoms with Gasteiger partial charge in [-0.1, -0.05) is 72.6 Å².